The van der Waals surface area contributed by atoms with Crippen LogP contribution in [0, 0.1) is 35.5 Å². The molecule has 4 aliphatic rings. The Labute approximate surface area is 533 Å². The molecule has 4 amide bonds. The van der Waals surface area contributed by atoms with Crippen molar-refractivity contribution in [3.05, 3.63) is 141 Å². The van der Waals surface area contributed by atoms with Crippen LogP contribution in [0.3, 0.4) is 0 Å². The molecular formula is C69H79N9O8S3. The van der Waals surface area contributed by atoms with Gasteiger partial charge in [0.15, 0.2) is 16.0 Å². The Morgan fingerprint density at radius 3 is 2.37 bits per heavy atom. The largest absolute Gasteiger partial charge is 0.494 e. The molecule has 11 rings (SSSR count). The summed E-state index contributed by atoms with van der Waals surface area (Å²) in [5.41, 5.74) is 9.14. The highest BCUT2D eigenvalue weighted by Gasteiger charge is 2.45. The summed E-state index contributed by atoms with van der Waals surface area (Å²) in [6.07, 6.45) is 7.88. The smallest absolute Gasteiger partial charge is 0.357 e. The van der Waals surface area contributed by atoms with E-state index in [0.717, 1.165) is 117 Å². The number of aromatic nitrogens is 3. The van der Waals surface area contributed by atoms with Crippen molar-refractivity contribution in [2.45, 2.75) is 136 Å². The molecule has 4 aromatic carbocycles. The zero-order chi connectivity index (χ0) is 62.4. The number of ether oxygens (including phenoxy) is 2. The highest BCUT2D eigenvalue weighted by molar-refractivity contribution is 7.22. The van der Waals surface area contributed by atoms with Crippen LogP contribution in [0.15, 0.2) is 96.5 Å². The first-order chi connectivity index (χ1) is 42.9. The van der Waals surface area contributed by atoms with Gasteiger partial charge < -0.3 is 35.0 Å². The monoisotopic (exact) mass is 1260 g/mol. The summed E-state index contributed by atoms with van der Waals surface area (Å²) in [6.45, 7) is 14.0. The van der Waals surface area contributed by atoms with Gasteiger partial charge in [-0.25, -0.2) is 19.7 Å². The lowest BCUT2D eigenvalue weighted by Gasteiger charge is -2.45. The second kappa shape index (κ2) is 27.7. The quantitative estimate of drug-likeness (QED) is 0.0359. The van der Waals surface area contributed by atoms with Crippen molar-refractivity contribution < 1.29 is 38.6 Å². The fourth-order valence-electron chi connectivity index (χ4n) is 12.9. The number of nitrogens with one attached hydrogen (secondary N) is 3. The minimum absolute atomic E-state index is 0.0265. The number of methoxy groups -OCH3 is 1. The van der Waals surface area contributed by atoms with E-state index in [1.165, 1.54) is 34.7 Å². The number of benzene rings is 4. The number of hydrogen-bond acceptors (Lipinski definition) is 16. The zero-order valence-corrected chi connectivity index (χ0v) is 54.0. The van der Waals surface area contributed by atoms with E-state index in [0.29, 0.717) is 67.0 Å². The molecule has 1 aliphatic carbocycles. The van der Waals surface area contributed by atoms with E-state index in [1.54, 1.807) is 11.3 Å². The predicted molar refractivity (Wildman–Crippen MR) is 350 cm³/mol. The molecule has 7 aromatic rings. The van der Waals surface area contributed by atoms with Gasteiger partial charge >= 0.3 is 5.97 Å². The minimum atomic E-state index is -0.866. The Morgan fingerprint density at radius 2 is 1.65 bits per heavy atom. The molecule has 89 heavy (non-hydrogen) atoms. The molecule has 3 fully saturated rings. The van der Waals surface area contributed by atoms with Crippen LogP contribution < -0.4 is 25.6 Å². The maximum absolute atomic E-state index is 14.4. The van der Waals surface area contributed by atoms with Crippen LogP contribution in [-0.2, 0) is 38.5 Å². The second-order valence-electron chi connectivity index (χ2n) is 25.4. The highest BCUT2D eigenvalue weighted by atomic mass is 32.1. The molecule has 1 saturated carbocycles. The number of rotatable bonds is 18. The van der Waals surface area contributed by atoms with Crippen LogP contribution in [0.2, 0.25) is 0 Å². The number of esters is 1. The molecule has 0 radical (unpaired) electrons. The number of anilines is 2. The van der Waals surface area contributed by atoms with E-state index < -0.39 is 29.6 Å². The van der Waals surface area contributed by atoms with Crippen LogP contribution in [-0.4, -0.2) is 124 Å². The molecule has 2 saturated heterocycles. The number of carbonyl (C=O) groups excluding carboxylic acids is 5. The van der Waals surface area contributed by atoms with Gasteiger partial charge in [0, 0.05) is 48.5 Å². The second-order valence-corrected chi connectivity index (χ2v) is 28.3. The van der Waals surface area contributed by atoms with E-state index >= 15 is 0 Å². The minimum Gasteiger partial charge on any atom is -0.494 e. The van der Waals surface area contributed by atoms with Gasteiger partial charge in [-0.1, -0.05) is 92.5 Å². The summed E-state index contributed by atoms with van der Waals surface area (Å²) in [5, 5.41) is 21.3. The Kier molecular flexibility index (Phi) is 19.6. The van der Waals surface area contributed by atoms with Crippen molar-refractivity contribution in [1.29, 1.82) is 0 Å². The summed E-state index contributed by atoms with van der Waals surface area (Å²) in [5.74, 6) is 6.19. The Hall–Kier alpha value is -7.54. The molecule has 3 aromatic heterocycles. The first-order valence-electron chi connectivity index (χ1n) is 31.0. The zero-order valence-electron chi connectivity index (χ0n) is 51.6. The number of amides is 4. The van der Waals surface area contributed by atoms with Crippen LogP contribution in [0.1, 0.15) is 145 Å². The predicted octanol–water partition coefficient (Wildman–Crippen LogP) is 11.2. The van der Waals surface area contributed by atoms with Gasteiger partial charge in [-0.15, -0.1) is 22.7 Å². The number of aryl methyl sites for hydroxylation is 2. The SMILES string of the molecule is COC(=O)c1nc(N2CCc3cccc(C(=O)Nc4nc5ccccc5s4)c3C2)sc1CCCOc1ccc(C#CCN2CCC3(CCC(CC(=O)N[C@H](C(=O)N4C[C@H](O)C[C@H]4C(=O)N[C@@H](C)c4ccc(-c5scnc5C)cc4)C(C)(C)C)CC3)CC2)cc1. The standard InChI is InChI=1S/C69H79N9O8S3/c1-43(47-20-22-49(23-21-47)60-44(2)70-42-87-60)71-63(82)55-39-50(79)40-78(55)64(83)61(68(3,4)5)73-58(80)38-46-26-29-69(30-27-46)31-35-76(36-32-69)33-10-12-45-18-24-51(25-19-45)86-37-11-17-57-59(65(84)85-6)74-67(89-57)77-34-28-48-13-9-14-52(53(48)41-77)62(81)75-66-72-54-15-7-8-16-56(54)88-66/h7-9,13-16,18-25,42-43,46,50,55,61,79H,11,17,26-41H2,1-6H3,(H,71,82)(H,73,80)(H,72,75,81)/t43-,50+,55-,61+/m0/s1. The van der Waals surface area contributed by atoms with Crippen molar-refractivity contribution in [2.24, 2.45) is 16.7 Å². The summed E-state index contributed by atoms with van der Waals surface area (Å²) >= 11 is 4.51. The Morgan fingerprint density at radius 1 is 0.888 bits per heavy atom. The first kappa shape index (κ1) is 63.0. The lowest BCUT2D eigenvalue weighted by molar-refractivity contribution is -0.144. The number of piperidine rings is 1. The van der Waals surface area contributed by atoms with Crippen LogP contribution in [0.5, 0.6) is 5.75 Å². The average Bonchev–Trinajstić information content (AvgIpc) is 4.08. The number of para-hydroxylation sites is 1. The molecule has 6 heterocycles. The molecular weight excluding hydrogens is 1180 g/mol. The number of β-amino-alcohol motifs (C(OH)–C–C–N with tert-alkyl or cyclic N) is 1. The van der Waals surface area contributed by atoms with Crippen molar-refractivity contribution in [2.75, 3.05) is 56.7 Å². The van der Waals surface area contributed by atoms with E-state index in [-0.39, 0.29) is 54.0 Å². The molecule has 3 aliphatic heterocycles. The number of aliphatic hydroxyl groups excluding tert-OH is 1. The number of nitrogens with zero attached hydrogens (tertiary/aromatic N) is 6. The maximum Gasteiger partial charge on any atom is 0.357 e. The summed E-state index contributed by atoms with van der Waals surface area (Å²) in [4.78, 5) is 90.4. The highest BCUT2D eigenvalue weighted by Crippen LogP contribution is 2.47. The first-order valence-corrected chi connectivity index (χ1v) is 33.5. The molecule has 0 bridgehead atoms. The topological polar surface area (TPSA) is 209 Å². The maximum atomic E-state index is 14.4. The Bertz CT molecular complexity index is 3720. The van der Waals surface area contributed by atoms with Crippen LogP contribution in [0.4, 0.5) is 10.3 Å². The molecule has 1 spiro atoms. The van der Waals surface area contributed by atoms with Crippen molar-refractivity contribution in [3.63, 3.8) is 0 Å². The van der Waals surface area contributed by atoms with Gasteiger partial charge in [0.05, 0.1) is 58.7 Å². The Balaban J connectivity index is 0.597. The molecule has 4 atom stereocenters. The number of fused-ring (bicyclic) bond motifs is 2. The average molecular weight is 1260 g/mol. The number of hydrogen-bond donors (Lipinski definition) is 4. The normalized spacial score (nSPS) is 18.4. The van der Waals surface area contributed by atoms with Crippen LogP contribution >= 0.6 is 34.0 Å². The lowest BCUT2D eigenvalue weighted by atomic mass is 9.65. The third-order valence-corrected chi connectivity index (χ3v) is 21.3. The van der Waals surface area contributed by atoms with Crippen molar-refractivity contribution in [1.82, 2.24) is 35.4 Å². The lowest BCUT2D eigenvalue weighted by Crippen LogP contribution is -2.58. The summed E-state index contributed by atoms with van der Waals surface area (Å²) < 4.78 is 12.3. The van der Waals surface area contributed by atoms with Crippen molar-refractivity contribution in [3.8, 4) is 28.0 Å². The fraction of sp³-hybridized carbons (Fsp3) is 0.449. The summed E-state index contributed by atoms with van der Waals surface area (Å²) in [6, 6.07) is 27.5. The summed E-state index contributed by atoms with van der Waals surface area (Å²) in [7, 11) is 1.37. The molecule has 466 valence electrons. The van der Waals surface area contributed by atoms with Gasteiger partial charge in [0.2, 0.25) is 17.7 Å². The van der Waals surface area contributed by atoms with Gasteiger partial charge in [-0.05, 0) is 166 Å². The van der Waals surface area contributed by atoms with E-state index in [9.17, 15) is 29.1 Å². The number of likely N-dealkylation sites (tertiary alicyclic amines) is 2. The van der Waals surface area contributed by atoms with Gasteiger partial charge in [-0.2, -0.15) is 0 Å². The van der Waals surface area contributed by atoms with E-state index in [4.69, 9.17) is 14.5 Å². The van der Waals surface area contributed by atoms with Crippen molar-refractivity contribution >= 4 is 84.1 Å². The van der Waals surface area contributed by atoms with Gasteiger partial charge in [0.1, 0.15) is 17.8 Å². The van der Waals surface area contributed by atoms with Crippen LogP contribution in [0.25, 0.3) is 20.7 Å². The number of thiazole rings is 3. The van der Waals surface area contributed by atoms with Gasteiger partial charge in [-0.3, -0.25) is 29.4 Å². The van der Waals surface area contributed by atoms with Gasteiger partial charge in [0.25, 0.3) is 5.91 Å². The fourth-order valence-corrected chi connectivity index (χ4v) is 15.7. The third kappa shape index (κ3) is 15.0. The molecule has 4 N–H and O–H groups in total. The van der Waals surface area contributed by atoms with E-state index in [1.807, 2.05) is 125 Å². The molecule has 20 heteroatoms. The number of aliphatic hydroxyl groups is 1. The molecule has 17 nitrogen and oxygen atoms in total. The third-order valence-electron chi connectivity index (χ3n) is 18.2. The van der Waals surface area contributed by atoms with E-state index in [2.05, 4.69) is 53.6 Å². The molecule has 0 unspecified atom stereocenters. The number of carbonyl (C=O) groups is 5.